The lowest BCUT2D eigenvalue weighted by molar-refractivity contribution is 0.0807. The minimum Gasteiger partial charge on any atom is -0.376 e. The number of hydrogen-bond donors (Lipinski definition) is 1. The molecular weight excluding hydrogens is 206 g/mol. The number of aryl methyl sites for hydroxylation is 1. The van der Waals surface area contributed by atoms with Crippen molar-refractivity contribution in [2.45, 2.75) is 38.0 Å². The predicted octanol–water partition coefficient (Wildman–Crippen LogP) is -0.133. The molecule has 3 rings (SSSR count). The molecule has 2 unspecified atom stereocenters. The second-order valence-corrected chi connectivity index (χ2v) is 4.64. The van der Waals surface area contributed by atoms with Gasteiger partial charge in [-0.2, -0.15) is 4.80 Å². The molecule has 1 aromatic rings. The molecule has 1 aliphatic carbocycles. The number of hydrogen-bond acceptors (Lipinski definition) is 5. The van der Waals surface area contributed by atoms with E-state index in [0.29, 0.717) is 18.7 Å². The van der Waals surface area contributed by atoms with Gasteiger partial charge in [-0.3, -0.25) is 0 Å². The highest BCUT2D eigenvalue weighted by atomic mass is 16.5. The number of ether oxygens (including phenoxy) is 1. The first-order chi connectivity index (χ1) is 7.83. The molecule has 2 heterocycles. The molecule has 1 saturated carbocycles. The monoisotopic (exact) mass is 223 g/mol. The lowest BCUT2D eigenvalue weighted by Crippen LogP contribution is -2.37. The molecule has 0 radical (unpaired) electrons. The van der Waals surface area contributed by atoms with Gasteiger partial charge >= 0.3 is 0 Å². The molecule has 2 aliphatic rings. The van der Waals surface area contributed by atoms with Gasteiger partial charge in [-0.05, 0) is 30.4 Å². The minimum atomic E-state index is 0.414. The summed E-state index contributed by atoms with van der Waals surface area (Å²) in [6.07, 6.45) is 4.16. The summed E-state index contributed by atoms with van der Waals surface area (Å²) in [6, 6.07) is 0.469. The Morgan fingerprint density at radius 3 is 3.00 bits per heavy atom. The normalized spacial score (nSPS) is 29.8. The minimum absolute atomic E-state index is 0.414. The van der Waals surface area contributed by atoms with Gasteiger partial charge in [0.1, 0.15) is 0 Å². The fourth-order valence-corrected chi connectivity index (χ4v) is 2.34. The van der Waals surface area contributed by atoms with Crippen molar-refractivity contribution < 1.29 is 4.74 Å². The molecule has 0 amide bonds. The highest BCUT2D eigenvalue weighted by Crippen LogP contribution is 2.38. The standard InChI is InChI=1S/C10H17N5O/c1-15-13-9(12-14-15)6-11-8-4-5-16-10(8)7-2-3-7/h7-8,10-11H,2-6H2,1H3. The van der Waals surface area contributed by atoms with Crippen molar-refractivity contribution in [1.82, 2.24) is 25.5 Å². The molecule has 2 fully saturated rings. The van der Waals surface area contributed by atoms with Gasteiger partial charge in [0.15, 0.2) is 5.82 Å². The predicted molar refractivity (Wildman–Crippen MR) is 56.5 cm³/mol. The lowest BCUT2D eigenvalue weighted by atomic mass is 10.1. The molecule has 1 saturated heterocycles. The van der Waals surface area contributed by atoms with Crippen LogP contribution in [-0.2, 0) is 18.3 Å². The number of nitrogens with zero attached hydrogens (tertiary/aromatic N) is 4. The summed E-state index contributed by atoms with van der Waals surface area (Å²) in [7, 11) is 1.78. The first kappa shape index (κ1) is 10.2. The van der Waals surface area contributed by atoms with Crippen LogP contribution < -0.4 is 5.32 Å². The van der Waals surface area contributed by atoms with Crippen LogP contribution in [0.4, 0.5) is 0 Å². The van der Waals surface area contributed by atoms with Crippen LogP contribution in [0.3, 0.4) is 0 Å². The Kier molecular flexibility index (Phi) is 2.61. The van der Waals surface area contributed by atoms with E-state index in [0.717, 1.165) is 24.8 Å². The molecule has 16 heavy (non-hydrogen) atoms. The Morgan fingerprint density at radius 1 is 1.44 bits per heavy atom. The quantitative estimate of drug-likeness (QED) is 0.770. The Hall–Kier alpha value is -1.01. The maximum absolute atomic E-state index is 5.76. The molecule has 6 nitrogen and oxygen atoms in total. The van der Waals surface area contributed by atoms with E-state index >= 15 is 0 Å². The van der Waals surface area contributed by atoms with Crippen LogP contribution in [0.1, 0.15) is 25.1 Å². The van der Waals surface area contributed by atoms with Crippen molar-refractivity contribution in [2.75, 3.05) is 6.61 Å². The zero-order valence-corrected chi connectivity index (χ0v) is 9.46. The average molecular weight is 223 g/mol. The van der Waals surface area contributed by atoms with Crippen LogP contribution in [0, 0.1) is 5.92 Å². The number of nitrogens with one attached hydrogen (secondary N) is 1. The van der Waals surface area contributed by atoms with Crippen LogP contribution in [0.2, 0.25) is 0 Å². The second-order valence-electron chi connectivity index (χ2n) is 4.64. The van der Waals surface area contributed by atoms with Crippen LogP contribution in [-0.4, -0.2) is 39.0 Å². The van der Waals surface area contributed by atoms with Gasteiger partial charge in [-0.1, -0.05) is 0 Å². The summed E-state index contributed by atoms with van der Waals surface area (Å²) in [5.41, 5.74) is 0. The maximum atomic E-state index is 5.76. The molecule has 88 valence electrons. The molecule has 0 aromatic carbocycles. The third-order valence-corrected chi connectivity index (χ3v) is 3.29. The summed E-state index contributed by atoms with van der Waals surface area (Å²) in [6.45, 7) is 1.57. The van der Waals surface area contributed by atoms with E-state index in [9.17, 15) is 0 Å². The molecule has 0 spiro atoms. The molecule has 2 atom stereocenters. The van der Waals surface area contributed by atoms with E-state index < -0.39 is 0 Å². The summed E-state index contributed by atoms with van der Waals surface area (Å²) in [5, 5.41) is 15.4. The molecule has 0 bridgehead atoms. The summed E-state index contributed by atoms with van der Waals surface area (Å²) in [5.74, 6) is 1.54. The van der Waals surface area contributed by atoms with Crippen LogP contribution in [0.25, 0.3) is 0 Å². The van der Waals surface area contributed by atoms with E-state index in [1.54, 1.807) is 7.05 Å². The Bertz CT molecular complexity index is 362. The highest BCUT2D eigenvalue weighted by Gasteiger charge is 2.40. The molecule has 6 heteroatoms. The largest absolute Gasteiger partial charge is 0.376 e. The molecule has 1 aromatic heterocycles. The van der Waals surface area contributed by atoms with Crippen molar-refractivity contribution in [3.05, 3.63) is 5.82 Å². The van der Waals surface area contributed by atoms with Crippen LogP contribution >= 0.6 is 0 Å². The zero-order valence-electron chi connectivity index (χ0n) is 9.46. The summed E-state index contributed by atoms with van der Waals surface area (Å²) in [4.78, 5) is 1.49. The van der Waals surface area contributed by atoms with E-state index in [2.05, 4.69) is 20.7 Å². The van der Waals surface area contributed by atoms with Crippen molar-refractivity contribution in [2.24, 2.45) is 13.0 Å². The number of aromatic nitrogens is 4. The van der Waals surface area contributed by atoms with Gasteiger partial charge in [0.05, 0.1) is 19.7 Å². The number of rotatable bonds is 4. The Morgan fingerprint density at radius 2 is 2.31 bits per heavy atom. The van der Waals surface area contributed by atoms with Gasteiger partial charge in [-0.25, -0.2) is 0 Å². The van der Waals surface area contributed by atoms with Crippen molar-refractivity contribution in [3.63, 3.8) is 0 Å². The van der Waals surface area contributed by atoms with Crippen LogP contribution in [0.15, 0.2) is 0 Å². The highest BCUT2D eigenvalue weighted by molar-refractivity contribution is 4.94. The first-order valence-corrected chi connectivity index (χ1v) is 5.91. The SMILES string of the molecule is Cn1nnc(CNC2CCOC2C2CC2)n1. The van der Waals surface area contributed by atoms with Crippen molar-refractivity contribution >= 4 is 0 Å². The Balaban J connectivity index is 1.54. The third-order valence-electron chi connectivity index (χ3n) is 3.29. The number of tetrazole rings is 1. The summed E-state index contributed by atoms with van der Waals surface area (Å²) < 4.78 is 5.76. The van der Waals surface area contributed by atoms with E-state index in [-0.39, 0.29) is 0 Å². The topological polar surface area (TPSA) is 64.9 Å². The second kappa shape index (κ2) is 4.10. The molecular formula is C10H17N5O. The van der Waals surface area contributed by atoms with E-state index in [1.807, 2.05) is 0 Å². The van der Waals surface area contributed by atoms with Crippen molar-refractivity contribution in [1.29, 1.82) is 0 Å². The zero-order chi connectivity index (χ0) is 11.0. The van der Waals surface area contributed by atoms with E-state index in [4.69, 9.17) is 4.74 Å². The lowest BCUT2D eigenvalue weighted by Gasteiger charge is -2.18. The fraction of sp³-hybridized carbons (Fsp3) is 0.900. The van der Waals surface area contributed by atoms with Gasteiger partial charge in [0.2, 0.25) is 0 Å². The Labute approximate surface area is 94.4 Å². The summed E-state index contributed by atoms with van der Waals surface area (Å²) >= 11 is 0. The van der Waals surface area contributed by atoms with Crippen molar-refractivity contribution in [3.8, 4) is 0 Å². The fourth-order valence-electron chi connectivity index (χ4n) is 2.34. The van der Waals surface area contributed by atoms with Gasteiger partial charge in [0.25, 0.3) is 0 Å². The smallest absolute Gasteiger partial charge is 0.188 e. The molecule has 1 aliphatic heterocycles. The van der Waals surface area contributed by atoms with Crippen LogP contribution in [0.5, 0.6) is 0 Å². The first-order valence-electron chi connectivity index (χ1n) is 5.91. The average Bonchev–Trinajstić information content (AvgIpc) is 2.86. The third kappa shape index (κ3) is 2.08. The maximum Gasteiger partial charge on any atom is 0.188 e. The van der Waals surface area contributed by atoms with Gasteiger partial charge < -0.3 is 10.1 Å². The molecule has 1 N–H and O–H groups in total. The van der Waals surface area contributed by atoms with Gasteiger partial charge in [0, 0.05) is 12.6 Å². The van der Waals surface area contributed by atoms with E-state index in [1.165, 1.54) is 17.6 Å². The van der Waals surface area contributed by atoms with Gasteiger partial charge in [-0.15, -0.1) is 10.2 Å².